The largest absolute Gasteiger partial charge is 0.464 e. The van der Waals surface area contributed by atoms with E-state index in [1.54, 1.807) is 19.9 Å². The second kappa shape index (κ2) is 10.1. The highest BCUT2D eigenvalue weighted by Gasteiger charge is 2.49. The summed E-state index contributed by atoms with van der Waals surface area (Å²) in [5, 5.41) is 2.39. The van der Waals surface area contributed by atoms with Crippen molar-refractivity contribution >= 4 is 23.9 Å². The number of carbonyl (C=O) groups excluding carboxylic acids is 3. The minimum atomic E-state index is -1.92. The molecule has 0 fully saturated rings. The van der Waals surface area contributed by atoms with Gasteiger partial charge in [-0.25, -0.2) is 9.59 Å². The Bertz CT molecular complexity index is 642. The van der Waals surface area contributed by atoms with Crippen molar-refractivity contribution in [3.05, 3.63) is 47.7 Å². The molecule has 0 saturated carbocycles. The Kier molecular flexibility index (Phi) is 8.16. The highest BCUT2D eigenvalue weighted by atomic mass is 16.6. The minimum absolute atomic E-state index is 0.0726. The molecule has 1 aromatic carbocycles. The quantitative estimate of drug-likeness (QED) is 0.444. The molecule has 6 nitrogen and oxygen atoms in total. The maximum atomic E-state index is 12.4. The van der Waals surface area contributed by atoms with Crippen LogP contribution >= 0.6 is 0 Å². The van der Waals surface area contributed by atoms with Crippen molar-refractivity contribution in [1.82, 2.24) is 5.32 Å². The van der Waals surface area contributed by atoms with Gasteiger partial charge in [-0.15, -0.1) is 5.73 Å². The Labute approximate surface area is 147 Å². The zero-order valence-corrected chi connectivity index (χ0v) is 14.7. The molecule has 0 radical (unpaired) electrons. The minimum Gasteiger partial charge on any atom is -0.464 e. The SMILES string of the molecule is CCOC(=O)C(CC=C=Cc1ccccc1)(NC(C)=O)C(=O)OCC. The number of ether oxygens (including phenoxy) is 2. The predicted octanol–water partition coefficient (Wildman–Crippen LogP) is 2.25. The van der Waals surface area contributed by atoms with E-state index in [0.29, 0.717) is 0 Å². The fourth-order valence-corrected chi connectivity index (χ4v) is 2.13. The van der Waals surface area contributed by atoms with Crippen molar-refractivity contribution in [3.8, 4) is 0 Å². The van der Waals surface area contributed by atoms with Crippen LogP contribution in [0.15, 0.2) is 42.1 Å². The third-order valence-corrected chi connectivity index (χ3v) is 3.21. The molecule has 1 amide bonds. The molecule has 0 atom stereocenters. The summed E-state index contributed by atoms with van der Waals surface area (Å²) in [7, 11) is 0. The summed E-state index contributed by atoms with van der Waals surface area (Å²) in [4.78, 5) is 36.3. The molecule has 25 heavy (non-hydrogen) atoms. The Morgan fingerprint density at radius 2 is 1.64 bits per heavy atom. The van der Waals surface area contributed by atoms with Crippen LogP contribution in [-0.4, -0.2) is 36.6 Å². The molecule has 0 aliphatic heterocycles. The third kappa shape index (κ3) is 5.94. The van der Waals surface area contributed by atoms with Gasteiger partial charge in [0.1, 0.15) is 0 Å². The standard InChI is InChI=1S/C19H23NO5/c1-4-24-17(22)19(20-15(3)21,18(23)25-5-2)14-10-9-13-16-11-7-6-8-12-16/h6-8,10-13H,4-5,14H2,1-3H3,(H,20,21). The molecule has 0 heterocycles. The lowest BCUT2D eigenvalue weighted by atomic mass is 9.94. The maximum absolute atomic E-state index is 12.4. The Hall–Kier alpha value is -2.85. The van der Waals surface area contributed by atoms with Gasteiger partial charge in [0.15, 0.2) is 0 Å². The van der Waals surface area contributed by atoms with Crippen LogP contribution < -0.4 is 5.32 Å². The van der Waals surface area contributed by atoms with E-state index >= 15 is 0 Å². The van der Waals surface area contributed by atoms with Crippen LogP contribution in [0.2, 0.25) is 0 Å². The molecular formula is C19H23NO5. The summed E-state index contributed by atoms with van der Waals surface area (Å²) < 4.78 is 9.96. The summed E-state index contributed by atoms with van der Waals surface area (Å²) in [6.07, 6.45) is 3.07. The van der Waals surface area contributed by atoms with E-state index < -0.39 is 23.4 Å². The van der Waals surface area contributed by atoms with Crippen LogP contribution in [0.25, 0.3) is 6.08 Å². The van der Waals surface area contributed by atoms with E-state index in [-0.39, 0.29) is 19.6 Å². The molecule has 0 aromatic heterocycles. The van der Waals surface area contributed by atoms with Gasteiger partial charge >= 0.3 is 11.9 Å². The fraction of sp³-hybridized carbons (Fsp3) is 0.368. The Morgan fingerprint density at radius 3 is 2.12 bits per heavy atom. The summed E-state index contributed by atoms with van der Waals surface area (Å²) in [5.41, 5.74) is 1.90. The molecule has 0 aliphatic carbocycles. The van der Waals surface area contributed by atoms with E-state index in [1.807, 2.05) is 30.3 Å². The monoisotopic (exact) mass is 345 g/mol. The van der Waals surface area contributed by atoms with Gasteiger partial charge in [-0.1, -0.05) is 30.3 Å². The number of hydrogen-bond donors (Lipinski definition) is 1. The van der Waals surface area contributed by atoms with Gasteiger partial charge in [0.2, 0.25) is 11.4 Å². The van der Waals surface area contributed by atoms with Gasteiger partial charge < -0.3 is 14.8 Å². The van der Waals surface area contributed by atoms with E-state index in [2.05, 4.69) is 11.0 Å². The lowest BCUT2D eigenvalue weighted by Gasteiger charge is -2.28. The average molecular weight is 345 g/mol. The van der Waals surface area contributed by atoms with Crippen LogP contribution in [0.4, 0.5) is 0 Å². The predicted molar refractivity (Wildman–Crippen MR) is 93.4 cm³/mol. The van der Waals surface area contributed by atoms with Gasteiger partial charge in [-0.05, 0) is 31.6 Å². The molecule has 6 heteroatoms. The number of amides is 1. The van der Waals surface area contributed by atoms with Crippen LogP contribution in [0.3, 0.4) is 0 Å². The van der Waals surface area contributed by atoms with Crippen LogP contribution in [-0.2, 0) is 23.9 Å². The molecular weight excluding hydrogens is 322 g/mol. The topological polar surface area (TPSA) is 81.7 Å². The number of esters is 2. The molecule has 0 spiro atoms. The molecule has 1 N–H and O–H groups in total. The maximum Gasteiger partial charge on any atom is 0.344 e. The normalized spacial score (nSPS) is 10.2. The van der Waals surface area contributed by atoms with Crippen LogP contribution in [0, 0.1) is 0 Å². The van der Waals surface area contributed by atoms with Gasteiger partial charge in [-0.3, -0.25) is 4.79 Å². The summed E-state index contributed by atoms with van der Waals surface area (Å²) >= 11 is 0. The van der Waals surface area contributed by atoms with Crippen molar-refractivity contribution in [2.45, 2.75) is 32.7 Å². The molecule has 0 saturated heterocycles. The molecule has 1 rings (SSSR count). The van der Waals surface area contributed by atoms with Crippen LogP contribution in [0.5, 0.6) is 0 Å². The number of nitrogens with one attached hydrogen (secondary N) is 1. The van der Waals surface area contributed by atoms with E-state index in [4.69, 9.17) is 9.47 Å². The first-order valence-corrected chi connectivity index (χ1v) is 8.05. The van der Waals surface area contributed by atoms with Crippen molar-refractivity contribution < 1.29 is 23.9 Å². The van der Waals surface area contributed by atoms with Crippen LogP contribution in [0.1, 0.15) is 32.8 Å². The number of benzene rings is 1. The van der Waals surface area contributed by atoms with E-state index in [9.17, 15) is 14.4 Å². The Morgan fingerprint density at radius 1 is 1.08 bits per heavy atom. The van der Waals surface area contributed by atoms with Gasteiger partial charge in [-0.2, -0.15) is 0 Å². The number of carbonyl (C=O) groups is 3. The average Bonchev–Trinajstić information content (AvgIpc) is 2.58. The smallest absolute Gasteiger partial charge is 0.344 e. The van der Waals surface area contributed by atoms with Crippen molar-refractivity contribution in [3.63, 3.8) is 0 Å². The van der Waals surface area contributed by atoms with Gasteiger partial charge in [0.05, 0.1) is 13.2 Å². The number of rotatable bonds is 8. The van der Waals surface area contributed by atoms with Gasteiger partial charge in [0, 0.05) is 13.3 Å². The van der Waals surface area contributed by atoms with Crippen molar-refractivity contribution in [1.29, 1.82) is 0 Å². The van der Waals surface area contributed by atoms with Gasteiger partial charge in [0.25, 0.3) is 0 Å². The summed E-state index contributed by atoms with van der Waals surface area (Å²) in [6.45, 7) is 4.60. The first-order chi connectivity index (χ1) is 12.0. The highest BCUT2D eigenvalue weighted by molar-refractivity contribution is 6.07. The summed E-state index contributed by atoms with van der Waals surface area (Å²) in [6, 6.07) is 9.43. The zero-order chi connectivity index (χ0) is 18.7. The molecule has 0 unspecified atom stereocenters. The highest BCUT2D eigenvalue weighted by Crippen LogP contribution is 2.17. The first kappa shape index (κ1) is 20.2. The lowest BCUT2D eigenvalue weighted by molar-refractivity contribution is -0.167. The van der Waals surface area contributed by atoms with E-state index in [1.165, 1.54) is 13.0 Å². The Balaban J connectivity index is 3.14. The molecule has 0 aliphatic rings. The molecule has 134 valence electrons. The van der Waals surface area contributed by atoms with E-state index in [0.717, 1.165) is 5.56 Å². The zero-order valence-electron chi connectivity index (χ0n) is 14.7. The van der Waals surface area contributed by atoms with Crippen molar-refractivity contribution in [2.24, 2.45) is 0 Å². The second-order valence-electron chi connectivity index (χ2n) is 5.16. The molecule has 1 aromatic rings. The first-order valence-electron chi connectivity index (χ1n) is 8.05. The number of hydrogen-bond acceptors (Lipinski definition) is 5. The summed E-state index contributed by atoms with van der Waals surface area (Å²) in [5.74, 6) is -2.26. The fourth-order valence-electron chi connectivity index (χ4n) is 2.13. The second-order valence-corrected chi connectivity index (χ2v) is 5.16. The molecule has 0 bridgehead atoms. The third-order valence-electron chi connectivity index (χ3n) is 3.21. The lowest BCUT2D eigenvalue weighted by Crippen LogP contribution is -2.60. The van der Waals surface area contributed by atoms with Crippen molar-refractivity contribution in [2.75, 3.05) is 13.2 Å².